The third kappa shape index (κ3) is 5.21. The molecule has 1 heterocycles. The fourth-order valence-electron chi connectivity index (χ4n) is 2.42. The molecule has 0 spiro atoms. The summed E-state index contributed by atoms with van der Waals surface area (Å²) >= 11 is 0. The van der Waals surface area contributed by atoms with Crippen LogP contribution in [-0.2, 0) is 4.74 Å². The number of hydrogen-bond acceptors (Lipinski definition) is 5. The maximum atomic E-state index is 14.0. The first kappa shape index (κ1) is 18.4. The lowest BCUT2D eigenvalue weighted by Gasteiger charge is -2.36. The van der Waals surface area contributed by atoms with Crippen LogP contribution in [0, 0.1) is 0 Å². The second kappa shape index (κ2) is 9.35. The zero-order valence-corrected chi connectivity index (χ0v) is 12.5. The SMILES string of the molecule is CCCCCCCC/C(F)=C1/O[C@H](CO)[C@@H](O)[C@H](O)[C@H]1O. The van der Waals surface area contributed by atoms with E-state index >= 15 is 0 Å². The predicted molar refractivity (Wildman–Crippen MR) is 76.1 cm³/mol. The molecule has 0 aromatic rings. The van der Waals surface area contributed by atoms with Gasteiger partial charge in [-0.25, -0.2) is 4.39 Å². The van der Waals surface area contributed by atoms with Crippen molar-refractivity contribution in [1.82, 2.24) is 0 Å². The van der Waals surface area contributed by atoms with Crippen LogP contribution in [0.2, 0.25) is 0 Å². The number of allylic oxidation sites excluding steroid dienone is 1. The largest absolute Gasteiger partial charge is 0.484 e. The quantitative estimate of drug-likeness (QED) is 0.509. The Hall–Kier alpha value is -0.690. The van der Waals surface area contributed by atoms with Gasteiger partial charge in [0.2, 0.25) is 0 Å². The first-order valence-corrected chi connectivity index (χ1v) is 7.73. The summed E-state index contributed by atoms with van der Waals surface area (Å²) in [5, 5.41) is 38.0. The van der Waals surface area contributed by atoms with Crippen LogP contribution in [0.25, 0.3) is 0 Å². The van der Waals surface area contributed by atoms with Crippen molar-refractivity contribution >= 4 is 0 Å². The molecule has 0 aliphatic carbocycles. The average molecular weight is 306 g/mol. The van der Waals surface area contributed by atoms with Gasteiger partial charge in [0.15, 0.2) is 5.76 Å². The highest BCUT2D eigenvalue weighted by atomic mass is 19.1. The fraction of sp³-hybridized carbons (Fsp3) is 0.867. The summed E-state index contributed by atoms with van der Waals surface area (Å²) < 4.78 is 19.1. The van der Waals surface area contributed by atoms with E-state index in [4.69, 9.17) is 9.84 Å². The van der Waals surface area contributed by atoms with E-state index in [0.717, 1.165) is 25.7 Å². The molecule has 5 nitrogen and oxygen atoms in total. The molecule has 0 aromatic heterocycles. The minimum atomic E-state index is -1.59. The molecule has 0 bridgehead atoms. The summed E-state index contributed by atoms with van der Waals surface area (Å²) in [6.45, 7) is 1.57. The Bertz CT molecular complexity index is 332. The number of hydrogen-bond donors (Lipinski definition) is 4. The minimum Gasteiger partial charge on any atom is -0.484 e. The summed E-state index contributed by atoms with van der Waals surface area (Å²) in [7, 11) is 0. The van der Waals surface area contributed by atoms with Crippen molar-refractivity contribution in [2.24, 2.45) is 0 Å². The van der Waals surface area contributed by atoms with Gasteiger partial charge in [0.05, 0.1) is 6.61 Å². The monoisotopic (exact) mass is 306 g/mol. The van der Waals surface area contributed by atoms with Gasteiger partial charge in [0, 0.05) is 6.42 Å². The highest BCUT2D eigenvalue weighted by molar-refractivity contribution is 5.13. The second-order valence-corrected chi connectivity index (χ2v) is 5.55. The smallest absolute Gasteiger partial charge is 0.159 e. The van der Waals surface area contributed by atoms with Crippen LogP contribution < -0.4 is 0 Å². The molecule has 0 amide bonds. The Kier molecular flexibility index (Phi) is 8.18. The molecule has 1 aliphatic heterocycles. The third-order valence-corrected chi connectivity index (χ3v) is 3.80. The zero-order valence-electron chi connectivity index (χ0n) is 12.5. The number of ether oxygens (including phenoxy) is 1. The molecule has 0 saturated carbocycles. The Labute approximate surface area is 125 Å². The van der Waals surface area contributed by atoms with Crippen molar-refractivity contribution in [2.45, 2.75) is 76.3 Å². The van der Waals surface area contributed by atoms with Crippen molar-refractivity contribution in [3.8, 4) is 0 Å². The summed E-state index contributed by atoms with van der Waals surface area (Å²) in [5.74, 6) is -0.984. The van der Waals surface area contributed by atoms with E-state index in [1.807, 2.05) is 0 Å². The molecule has 4 N–H and O–H groups in total. The van der Waals surface area contributed by atoms with Gasteiger partial charge < -0.3 is 25.2 Å². The molecule has 1 fully saturated rings. The minimum absolute atomic E-state index is 0.124. The van der Waals surface area contributed by atoms with Crippen LogP contribution in [0.3, 0.4) is 0 Å². The van der Waals surface area contributed by atoms with E-state index in [9.17, 15) is 19.7 Å². The Morgan fingerprint density at radius 2 is 1.67 bits per heavy atom. The van der Waals surface area contributed by atoms with Crippen molar-refractivity contribution in [3.05, 3.63) is 11.6 Å². The maximum absolute atomic E-state index is 14.0. The van der Waals surface area contributed by atoms with Gasteiger partial charge in [-0.3, -0.25) is 0 Å². The topological polar surface area (TPSA) is 90.2 Å². The molecule has 0 aromatic carbocycles. The van der Waals surface area contributed by atoms with Crippen LogP contribution in [0.5, 0.6) is 0 Å². The lowest BCUT2D eigenvalue weighted by atomic mass is 9.97. The van der Waals surface area contributed by atoms with Crippen LogP contribution in [0.1, 0.15) is 51.9 Å². The van der Waals surface area contributed by atoms with E-state index < -0.39 is 36.8 Å². The molecule has 6 heteroatoms. The Balaban J connectivity index is 2.50. The first-order valence-electron chi connectivity index (χ1n) is 7.73. The molecular formula is C15H27FO5. The van der Waals surface area contributed by atoms with Crippen LogP contribution in [0.4, 0.5) is 4.39 Å². The average Bonchev–Trinajstić information content (AvgIpc) is 2.48. The summed E-state index contributed by atoms with van der Waals surface area (Å²) in [6.07, 6.45) is 0.455. The molecule has 4 atom stereocenters. The molecule has 1 aliphatic rings. The van der Waals surface area contributed by atoms with E-state index in [1.54, 1.807) is 0 Å². The molecule has 0 radical (unpaired) electrons. The normalized spacial score (nSPS) is 31.9. The van der Waals surface area contributed by atoms with Gasteiger partial charge >= 0.3 is 0 Å². The van der Waals surface area contributed by atoms with Gasteiger partial charge in [-0.05, 0) is 6.42 Å². The van der Waals surface area contributed by atoms with E-state index in [2.05, 4.69) is 6.92 Å². The maximum Gasteiger partial charge on any atom is 0.159 e. The summed E-state index contributed by atoms with van der Waals surface area (Å²) in [4.78, 5) is 0. The number of unbranched alkanes of at least 4 members (excludes halogenated alkanes) is 5. The number of aliphatic hydroxyl groups is 4. The van der Waals surface area contributed by atoms with Crippen LogP contribution >= 0.6 is 0 Å². The van der Waals surface area contributed by atoms with Gasteiger partial charge in [-0.1, -0.05) is 39.0 Å². The lowest BCUT2D eigenvalue weighted by molar-refractivity contribution is -0.167. The fourth-order valence-corrected chi connectivity index (χ4v) is 2.42. The molecule has 0 unspecified atom stereocenters. The van der Waals surface area contributed by atoms with Crippen molar-refractivity contribution in [3.63, 3.8) is 0 Å². The third-order valence-electron chi connectivity index (χ3n) is 3.80. The van der Waals surface area contributed by atoms with E-state index in [-0.39, 0.29) is 12.2 Å². The second-order valence-electron chi connectivity index (χ2n) is 5.55. The summed E-state index contributed by atoms with van der Waals surface area (Å²) in [5.41, 5.74) is 0. The molecule has 21 heavy (non-hydrogen) atoms. The van der Waals surface area contributed by atoms with Gasteiger partial charge in [0.25, 0.3) is 0 Å². The van der Waals surface area contributed by atoms with E-state index in [1.165, 1.54) is 6.42 Å². The highest BCUT2D eigenvalue weighted by Gasteiger charge is 2.42. The zero-order chi connectivity index (χ0) is 15.8. The molecule has 1 saturated heterocycles. The summed E-state index contributed by atoms with van der Waals surface area (Å²) in [6, 6.07) is 0. The van der Waals surface area contributed by atoms with Crippen molar-refractivity contribution < 1.29 is 29.6 Å². The van der Waals surface area contributed by atoms with Gasteiger partial charge in [0.1, 0.15) is 30.2 Å². The van der Waals surface area contributed by atoms with Crippen LogP contribution in [0.15, 0.2) is 11.6 Å². The Morgan fingerprint density at radius 1 is 1.05 bits per heavy atom. The Morgan fingerprint density at radius 3 is 2.29 bits per heavy atom. The standard InChI is InChI=1S/C15H27FO5/c1-2-3-4-5-6-7-8-10(16)15-14(20)13(19)12(18)11(9-17)21-15/h11-14,17-20H,2-9H2,1H3/b15-10-/t11-,12-,13+,14-/m1/s1. The van der Waals surface area contributed by atoms with Gasteiger partial charge in [-0.2, -0.15) is 0 Å². The predicted octanol–water partition coefficient (Wildman–Crippen LogP) is 1.39. The first-order chi connectivity index (χ1) is 10.0. The number of rotatable bonds is 8. The molecule has 1 rings (SSSR count). The molecule has 124 valence electrons. The van der Waals surface area contributed by atoms with Crippen molar-refractivity contribution in [1.29, 1.82) is 0 Å². The number of aliphatic hydroxyl groups excluding tert-OH is 4. The van der Waals surface area contributed by atoms with E-state index in [0.29, 0.717) is 6.42 Å². The lowest BCUT2D eigenvalue weighted by Crippen LogP contribution is -2.53. The number of halogens is 1. The van der Waals surface area contributed by atoms with Crippen LogP contribution in [-0.4, -0.2) is 51.4 Å². The molecular weight excluding hydrogens is 279 g/mol. The highest BCUT2D eigenvalue weighted by Crippen LogP contribution is 2.29. The van der Waals surface area contributed by atoms with Crippen molar-refractivity contribution in [2.75, 3.05) is 6.61 Å². The van der Waals surface area contributed by atoms with Gasteiger partial charge in [-0.15, -0.1) is 0 Å².